The second-order valence-corrected chi connectivity index (χ2v) is 8.65. The molecule has 0 aliphatic carbocycles. The first-order valence-electron chi connectivity index (χ1n) is 8.28. The average Bonchev–Trinajstić information content (AvgIpc) is 2.64. The number of benzene rings is 2. The minimum atomic E-state index is -3.51. The lowest BCUT2D eigenvalue weighted by atomic mass is 9.91. The molecule has 0 amide bonds. The standard InChI is InChI=1S/C19H20ClNO3S/c20-18-11-5-4-9-17(18)14-25(23,24)21-12-6-10-16(13-21)19(22)15-7-2-1-3-8-15/h1-5,7-9,11,16H,6,10,12-14H2. The van der Waals surface area contributed by atoms with Gasteiger partial charge in [0.1, 0.15) is 0 Å². The fourth-order valence-corrected chi connectivity index (χ4v) is 5.07. The van der Waals surface area contributed by atoms with Crippen LogP contribution in [0.2, 0.25) is 5.02 Å². The number of carbonyl (C=O) groups excluding carboxylic acids is 1. The number of hydrogen-bond acceptors (Lipinski definition) is 3. The van der Waals surface area contributed by atoms with Crippen molar-refractivity contribution in [1.82, 2.24) is 4.31 Å². The fraction of sp³-hybridized carbons (Fsp3) is 0.316. The Bertz CT molecular complexity index is 852. The van der Waals surface area contributed by atoms with Gasteiger partial charge in [-0.3, -0.25) is 4.79 Å². The number of Topliss-reactive ketones (excluding diaryl/α,β-unsaturated/α-hetero) is 1. The quantitative estimate of drug-likeness (QED) is 0.745. The van der Waals surface area contributed by atoms with Crippen molar-refractivity contribution in [3.63, 3.8) is 0 Å². The van der Waals surface area contributed by atoms with E-state index in [0.717, 1.165) is 0 Å². The van der Waals surface area contributed by atoms with Gasteiger partial charge in [0, 0.05) is 29.6 Å². The number of rotatable bonds is 5. The Hall–Kier alpha value is -1.69. The lowest BCUT2D eigenvalue weighted by Gasteiger charge is -2.31. The minimum absolute atomic E-state index is 0.0123. The molecule has 1 unspecified atom stereocenters. The highest BCUT2D eigenvalue weighted by atomic mass is 35.5. The van der Waals surface area contributed by atoms with Gasteiger partial charge in [-0.25, -0.2) is 12.7 Å². The van der Waals surface area contributed by atoms with E-state index in [1.807, 2.05) is 18.2 Å². The van der Waals surface area contributed by atoms with E-state index in [-0.39, 0.29) is 24.0 Å². The van der Waals surface area contributed by atoms with Gasteiger partial charge >= 0.3 is 0 Å². The van der Waals surface area contributed by atoms with Crippen molar-refractivity contribution in [3.05, 3.63) is 70.7 Å². The summed E-state index contributed by atoms with van der Waals surface area (Å²) in [7, 11) is -3.51. The van der Waals surface area contributed by atoms with Crippen molar-refractivity contribution < 1.29 is 13.2 Å². The van der Waals surface area contributed by atoms with E-state index in [9.17, 15) is 13.2 Å². The molecule has 0 radical (unpaired) electrons. The van der Waals surface area contributed by atoms with Crippen molar-refractivity contribution in [1.29, 1.82) is 0 Å². The third-order valence-electron chi connectivity index (χ3n) is 4.50. The average molecular weight is 378 g/mol. The van der Waals surface area contributed by atoms with Crippen molar-refractivity contribution >= 4 is 27.4 Å². The lowest BCUT2D eigenvalue weighted by molar-refractivity contribution is 0.0872. The van der Waals surface area contributed by atoms with Crippen LogP contribution in [0.25, 0.3) is 0 Å². The smallest absolute Gasteiger partial charge is 0.218 e. The third-order valence-corrected chi connectivity index (χ3v) is 6.67. The summed E-state index contributed by atoms with van der Waals surface area (Å²) in [4.78, 5) is 12.6. The molecule has 0 bridgehead atoms. The second kappa shape index (κ2) is 7.68. The highest BCUT2D eigenvalue weighted by Crippen LogP contribution is 2.26. The second-order valence-electron chi connectivity index (χ2n) is 6.28. The Morgan fingerprint density at radius 2 is 1.76 bits per heavy atom. The van der Waals surface area contributed by atoms with Gasteiger partial charge < -0.3 is 0 Å². The number of carbonyl (C=O) groups is 1. The van der Waals surface area contributed by atoms with Crippen LogP contribution in [0.3, 0.4) is 0 Å². The molecule has 6 heteroatoms. The van der Waals surface area contributed by atoms with E-state index in [0.29, 0.717) is 35.5 Å². The maximum absolute atomic E-state index is 12.8. The number of nitrogens with zero attached hydrogens (tertiary/aromatic N) is 1. The molecule has 3 rings (SSSR count). The largest absolute Gasteiger partial charge is 0.294 e. The van der Waals surface area contributed by atoms with E-state index in [1.54, 1.807) is 36.4 Å². The van der Waals surface area contributed by atoms with Gasteiger partial charge in [0.05, 0.1) is 5.75 Å². The number of sulfonamides is 1. The normalized spacial score (nSPS) is 18.8. The molecule has 1 atom stereocenters. The fourth-order valence-electron chi connectivity index (χ4n) is 3.15. The summed E-state index contributed by atoms with van der Waals surface area (Å²) in [5.41, 5.74) is 1.22. The van der Waals surface area contributed by atoms with Crippen LogP contribution in [0.5, 0.6) is 0 Å². The van der Waals surface area contributed by atoms with Gasteiger partial charge in [0.25, 0.3) is 0 Å². The van der Waals surface area contributed by atoms with Crippen LogP contribution >= 0.6 is 11.6 Å². The molecule has 1 saturated heterocycles. The van der Waals surface area contributed by atoms with Gasteiger partial charge in [0.15, 0.2) is 5.78 Å². The summed E-state index contributed by atoms with van der Waals surface area (Å²) >= 11 is 6.09. The van der Waals surface area contributed by atoms with E-state index in [4.69, 9.17) is 11.6 Å². The molecule has 2 aromatic carbocycles. The van der Waals surface area contributed by atoms with Gasteiger partial charge in [-0.15, -0.1) is 0 Å². The van der Waals surface area contributed by atoms with Gasteiger partial charge in [-0.05, 0) is 24.5 Å². The molecule has 0 saturated carbocycles. The van der Waals surface area contributed by atoms with Crippen LogP contribution in [-0.2, 0) is 15.8 Å². The SMILES string of the molecule is O=C(c1ccccc1)C1CCCN(S(=O)(=O)Cc2ccccc2Cl)C1. The van der Waals surface area contributed by atoms with Crippen LogP contribution in [0.15, 0.2) is 54.6 Å². The summed E-state index contributed by atoms with van der Waals surface area (Å²) in [6.45, 7) is 0.686. The summed E-state index contributed by atoms with van der Waals surface area (Å²) < 4.78 is 27.0. The summed E-state index contributed by atoms with van der Waals surface area (Å²) in [5.74, 6) is -0.422. The Morgan fingerprint density at radius 1 is 1.08 bits per heavy atom. The van der Waals surface area contributed by atoms with Crippen LogP contribution < -0.4 is 0 Å². The molecule has 1 aliphatic heterocycles. The predicted octanol–water partition coefficient (Wildman–Crippen LogP) is 3.76. The predicted molar refractivity (Wildman–Crippen MR) is 99.1 cm³/mol. The Kier molecular flexibility index (Phi) is 5.57. The molecule has 2 aromatic rings. The Labute approximate surface area is 153 Å². The molecule has 0 N–H and O–H groups in total. The summed E-state index contributed by atoms with van der Waals surface area (Å²) in [6.07, 6.45) is 1.40. The maximum atomic E-state index is 12.8. The minimum Gasteiger partial charge on any atom is -0.294 e. The first kappa shape index (κ1) is 18.1. The molecular weight excluding hydrogens is 358 g/mol. The number of hydrogen-bond donors (Lipinski definition) is 0. The molecule has 4 nitrogen and oxygen atoms in total. The van der Waals surface area contributed by atoms with Crippen LogP contribution in [-0.4, -0.2) is 31.6 Å². The van der Waals surface area contributed by atoms with Crippen LogP contribution in [0.4, 0.5) is 0 Å². The van der Waals surface area contributed by atoms with E-state index in [1.165, 1.54) is 4.31 Å². The molecule has 25 heavy (non-hydrogen) atoms. The lowest BCUT2D eigenvalue weighted by Crippen LogP contribution is -2.42. The Balaban J connectivity index is 1.74. The van der Waals surface area contributed by atoms with Gasteiger partial charge in [-0.1, -0.05) is 60.1 Å². The van der Waals surface area contributed by atoms with E-state index >= 15 is 0 Å². The zero-order chi connectivity index (χ0) is 17.9. The van der Waals surface area contributed by atoms with E-state index in [2.05, 4.69) is 0 Å². The van der Waals surface area contributed by atoms with Crippen molar-refractivity contribution in [3.8, 4) is 0 Å². The molecular formula is C19H20ClNO3S. The van der Waals surface area contributed by atoms with Crippen molar-refractivity contribution in [2.24, 2.45) is 5.92 Å². The van der Waals surface area contributed by atoms with Crippen LogP contribution in [0, 0.1) is 5.92 Å². The first-order chi connectivity index (χ1) is 12.0. The molecule has 1 heterocycles. The highest BCUT2D eigenvalue weighted by molar-refractivity contribution is 7.88. The van der Waals surface area contributed by atoms with Gasteiger partial charge in [-0.2, -0.15) is 0 Å². The van der Waals surface area contributed by atoms with Gasteiger partial charge in [0.2, 0.25) is 10.0 Å². The van der Waals surface area contributed by atoms with Crippen molar-refractivity contribution in [2.75, 3.05) is 13.1 Å². The molecule has 1 fully saturated rings. The molecule has 0 spiro atoms. The number of ketones is 1. The Morgan fingerprint density at radius 3 is 2.48 bits per heavy atom. The zero-order valence-corrected chi connectivity index (χ0v) is 15.3. The monoisotopic (exact) mass is 377 g/mol. The molecule has 1 aliphatic rings. The highest BCUT2D eigenvalue weighted by Gasteiger charge is 2.32. The van der Waals surface area contributed by atoms with E-state index < -0.39 is 10.0 Å². The summed E-state index contributed by atoms with van der Waals surface area (Å²) in [6, 6.07) is 16.0. The first-order valence-corrected chi connectivity index (χ1v) is 10.3. The van der Waals surface area contributed by atoms with Crippen LogP contribution in [0.1, 0.15) is 28.8 Å². The van der Waals surface area contributed by atoms with Crippen molar-refractivity contribution in [2.45, 2.75) is 18.6 Å². The number of piperidine rings is 1. The zero-order valence-electron chi connectivity index (χ0n) is 13.8. The third kappa shape index (κ3) is 4.29. The molecule has 0 aromatic heterocycles. The summed E-state index contributed by atoms with van der Waals surface area (Å²) in [5, 5.41) is 0.444. The maximum Gasteiger partial charge on any atom is 0.218 e. The topological polar surface area (TPSA) is 54.5 Å². The molecule has 132 valence electrons. The number of halogens is 1.